The molecule has 9 heteroatoms. The number of rotatable bonds is 6. The van der Waals surface area contributed by atoms with Crippen molar-refractivity contribution in [3.63, 3.8) is 0 Å². The molecule has 0 fully saturated rings. The van der Waals surface area contributed by atoms with Crippen LogP contribution in [0.1, 0.15) is 13.8 Å². The first kappa shape index (κ1) is 17.1. The quantitative estimate of drug-likeness (QED) is 0.716. The molecule has 22 heavy (non-hydrogen) atoms. The molecular weight excluding hydrogens is 392 g/mol. The Bertz CT molecular complexity index is 667. The predicted molar refractivity (Wildman–Crippen MR) is 90.7 cm³/mol. The first-order valence-corrected chi connectivity index (χ1v) is 8.63. The van der Waals surface area contributed by atoms with E-state index >= 15 is 0 Å². The van der Waals surface area contributed by atoms with Gasteiger partial charge in [-0.3, -0.25) is 10.1 Å². The minimum Gasteiger partial charge on any atom is -0.480 e. The molecule has 1 aromatic carbocycles. The van der Waals surface area contributed by atoms with Crippen molar-refractivity contribution in [3.8, 4) is 5.75 Å². The fraction of sp³-hybridized carbons (Fsp3) is 0.308. The van der Waals surface area contributed by atoms with Gasteiger partial charge in [0, 0.05) is 5.02 Å². The summed E-state index contributed by atoms with van der Waals surface area (Å²) in [4.78, 5) is 16.2. The van der Waals surface area contributed by atoms with Gasteiger partial charge in [-0.05, 0) is 46.8 Å². The van der Waals surface area contributed by atoms with Gasteiger partial charge in [0.25, 0.3) is 5.91 Å². The summed E-state index contributed by atoms with van der Waals surface area (Å²) < 4.78 is 6.29. The van der Waals surface area contributed by atoms with Crippen LogP contribution in [0.25, 0.3) is 0 Å². The molecule has 1 aromatic heterocycles. The van der Waals surface area contributed by atoms with Crippen LogP contribution in [-0.2, 0) is 4.79 Å². The summed E-state index contributed by atoms with van der Waals surface area (Å²) in [6.07, 6.45) is -0.704. The van der Waals surface area contributed by atoms with Crippen molar-refractivity contribution in [2.24, 2.45) is 0 Å². The highest BCUT2D eigenvalue weighted by Crippen LogP contribution is 2.28. The smallest absolute Gasteiger partial charge is 0.267 e. The molecule has 1 heterocycles. The summed E-state index contributed by atoms with van der Waals surface area (Å²) in [5.74, 6) is 1.36. The molecule has 0 radical (unpaired) electrons. The summed E-state index contributed by atoms with van der Waals surface area (Å²) in [6, 6.07) is 5.09. The molecule has 0 saturated carbocycles. The number of hydrogen-bond donors (Lipinski definition) is 2. The average Bonchev–Trinajstić information content (AvgIpc) is 2.89. The van der Waals surface area contributed by atoms with E-state index in [2.05, 4.69) is 36.4 Å². The van der Waals surface area contributed by atoms with E-state index in [1.54, 1.807) is 25.1 Å². The van der Waals surface area contributed by atoms with Crippen molar-refractivity contribution < 1.29 is 9.53 Å². The Kier molecular flexibility index (Phi) is 6.10. The number of ether oxygens (including phenoxy) is 1. The maximum atomic E-state index is 12.1. The number of H-pyrrole nitrogens is 1. The molecule has 0 saturated heterocycles. The van der Waals surface area contributed by atoms with Gasteiger partial charge in [-0.2, -0.15) is 4.98 Å². The Labute approximate surface area is 145 Å². The zero-order valence-electron chi connectivity index (χ0n) is 11.9. The van der Waals surface area contributed by atoms with Crippen molar-refractivity contribution in [1.29, 1.82) is 0 Å². The van der Waals surface area contributed by atoms with Crippen LogP contribution in [0.4, 0.5) is 5.95 Å². The summed E-state index contributed by atoms with van der Waals surface area (Å²) in [5.41, 5.74) is 0. The van der Waals surface area contributed by atoms with Crippen molar-refractivity contribution in [2.45, 2.75) is 25.1 Å². The van der Waals surface area contributed by atoms with Crippen LogP contribution in [0.2, 0.25) is 5.02 Å². The van der Waals surface area contributed by atoms with E-state index in [0.29, 0.717) is 26.3 Å². The second-order valence-electron chi connectivity index (χ2n) is 4.22. The lowest BCUT2D eigenvalue weighted by Crippen LogP contribution is -2.30. The zero-order valence-corrected chi connectivity index (χ0v) is 15.1. The highest BCUT2D eigenvalue weighted by molar-refractivity contribution is 9.10. The van der Waals surface area contributed by atoms with Crippen LogP contribution in [0, 0.1) is 0 Å². The molecule has 2 N–H and O–H groups in total. The van der Waals surface area contributed by atoms with E-state index in [-0.39, 0.29) is 5.91 Å². The number of halogens is 2. The number of carbonyl (C=O) groups is 1. The van der Waals surface area contributed by atoms with Gasteiger partial charge in [0.15, 0.2) is 6.10 Å². The predicted octanol–water partition coefficient (Wildman–Crippen LogP) is 3.74. The lowest BCUT2D eigenvalue weighted by molar-refractivity contribution is -0.122. The van der Waals surface area contributed by atoms with Crippen LogP contribution >= 0.6 is 39.3 Å². The van der Waals surface area contributed by atoms with Crippen LogP contribution in [-0.4, -0.2) is 32.9 Å². The molecule has 0 bridgehead atoms. The van der Waals surface area contributed by atoms with Gasteiger partial charge in [-0.1, -0.05) is 30.3 Å². The van der Waals surface area contributed by atoms with Gasteiger partial charge >= 0.3 is 0 Å². The van der Waals surface area contributed by atoms with Crippen molar-refractivity contribution >= 4 is 51.1 Å². The Morgan fingerprint density at radius 1 is 1.59 bits per heavy atom. The maximum Gasteiger partial charge on any atom is 0.267 e. The van der Waals surface area contributed by atoms with Gasteiger partial charge in [-0.25, -0.2) is 5.10 Å². The van der Waals surface area contributed by atoms with Crippen molar-refractivity contribution in [1.82, 2.24) is 15.2 Å². The minimum absolute atomic E-state index is 0.298. The Hall–Kier alpha value is -1.25. The topological polar surface area (TPSA) is 79.9 Å². The van der Waals surface area contributed by atoms with Gasteiger partial charge in [0.05, 0.1) is 4.47 Å². The summed E-state index contributed by atoms with van der Waals surface area (Å²) in [7, 11) is 0. The largest absolute Gasteiger partial charge is 0.480 e. The molecule has 118 valence electrons. The third-order valence-electron chi connectivity index (χ3n) is 2.55. The highest BCUT2D eigenvalue weighted by atomic mass is 79.9. The van der Waals surface area contributed by atoms with Gasteiger partial charge < -0.3 is 4.74 Å². The number of benzene rings is 1. The number of carbonyl (C=O) groups excluding carboxylic acids is 1. The number of amides is 1. The van der Waals surface area contributed by atoms with Crippen LogP contribution in [0.3, 0.4) is 0 Å². The van der Waals surface area contributed by atoms with Crippen LogP contribution in [0.15, 0.2) is 27.8 Å². The number of hydrogen-bond acceptors (Lipinski definition) is 5. The Morgan fingerprint density at radius 2 is 2.36 bits per heavy atom. The maximum absolute atomic E-state index is 12.1. The molecular formula is C13H14BrClN4O2S. The van der Waals surface area contributed by atoms with Crippen LogP contribution < -0.4 is 10.1 Å². The number of aromatic nitrogens is 3. The molecule has 0 aliphatic rings. The lowest BCUT2D eigenvalue weighted by atomic mass is 10.3. The van der Waals surface area contributed by atoms with E-state index in [4.69, 9.17) is 16.3 Å². The average molecular weight is 406 g/mol. The normalized spacial score (nSPS) is 12.0. The van der Waals surface area contributed by atoms with E-state index < -0.39 is 6.10 Å². The fourth-order valence-corrected chi connectivity index (χ4v) is 2.83. The monoisotopic (exact) mass is 404 g/mol. The Morgan fingerprint density at radius 3 is 3.05 bits per heavy atom. The standard InChI is InChI=1S/C13H14BrClN4O2S/c1-3-22-13-17-12(18-19-13)16-11(20)7(2)21-10-5-4-8(15)6-9(10)14/h4-7H,3H2,1-2H3,(H2,16,17,18,19,20). The lowest BCUT2D eigenvalue weighted by Gasteiger charge is -2.14. The SMILES string of the molecule is CCSc1n[nH]c(NC(=O)C(C)Oc2ccc(Cl)cc2Br)n1. The molecule has 2 rings (SSSR count). The number of aromatic amines is 1. The second-order valence-corrected chi connectivity index (χ2v) is 6.75. The minimum atomic E-state index is -0.704. The van der Waals surface area contributed by atoms with Crippen molar-refractivity contribution in [3.05, 3.63) is 27.7 Å². The zero-order chi connectivity index (χ0) is 16.1. The first-order valence-electron chi connectivity index (χ1n) is 6.47. The molecule has 2 aromatic rings. The summed E-state index contributed by atoms with van der Waals surface area (Å²) in [6.45, 7) is 3.65. The number of nitrogens with one attached hydrogen (secondary N) is 2. The molecule has 1 unspecified atom stereocenters. The molecule has 0 aliphatic carbocycles. The molecule has 1 amide bonds. The van der Waals surface area contributed by atoms with E-state index in [1.165, 1.54) is 11.8 Å². The highest BCUT2D eigenvalue weighted by Gasteiger charge is 2.18. The summed E-state index contributed by atoms with van der Waals surface area (Å²) >= 11 is 10.7. The number of nitrogens with zero attached hydrogens (tertiary/aromatic N) is 2. The van der Waals surface area contributed by atoms with Crippen LogP contribution in [0.5, 0.6) is 5.75 Å². The fourth-order valence-electron chi connectivity index (χ4n) is 1.53. The molecule has 0 aliphatic heterocycles. The van der Waals surface area contributed by atoms with Gasteiger partial charge in [0.2, 0.25) is 11.1 Å². The van der Waals surface area contributed by atoms with Gasteiger partial charge in [0.1, 0.15) is 5.75 Å². The van der Waals surface area contributed by atoms with E-state index in [9.17, 15) is 4.79 Å². The number of thioether (sulfide) groups is 1. The van der Waals surface area contributed by atoms with E-state index in [0.717, 1.165) is 5.75 Å². The Balaban J connectivity index is 1.96. The van der Waals surface area contributed by atoms with Crippen molar-refractivity contribution in [2.75, 3.05) is 11.1 Å². The molecule has 6 nitrogen and oxygen atoms in total. The first-order chi connectivity index (χ1) is 10.5. The third kappa shape index (κ3) is 4.62. The number of anilines is 1. The molecule has 0 spiro atoms. The second kappa shape index (κ2) is 7.85. The third-order valence-corrected chi connectivity index (χ3v) is 4.13. The van der Waals surface area contributed by atoms with Gasteiger partial charge in [-0.15, -0.1) is 5.10 Å². The summed E-state index contributed by atoms with van der Waals surface area (Å²) in [5, 5.41) is 10.4. The van der Waals surface area contributed by atoms with E-state index in [1.807, 2.05) is 6.92 Å². The molecule has 1 atom stereocenters.